The Bertz CT molecular complexity index is 1670. The van der Waals surface area contributed by atoms with Gasteiger partial charge in [-0.15, -0.1) is 0 Å². The molecule has 0 saturated carbocycles. The van der Waals surface area contributed by atoms with Gasteiger partial charge in [0.05, 0.1) is 15.6 Å². The van der Waals surface area contributed by atoms with E-state index in [1.54, 1.807) is 49.4 Å². The third-order valence-corrected chi connectivity index (χ3v) is 9.17. The summed E-state index contributed by atoms with van der Waals surface area (Å²) < 4.78 is 42.8. The van der Waals surface area contributed by atoms with Gasteiger partial charge in [-0.05, 0) is 54.4 Å². The molecule has 1 atom stereocenters. The highest BCUT2D eigenvalue weighted by atomic mass is 35.5. The van der Waals surface area contributed by atoms with Gasteiger partial charge in [-0.1, -0.05) is 89.9 Å². The van der Waals surface area contributed by atoms with Crippen LogP contribution in [0.3, 0.4) is 0 Å². The summed E-state index contributed by atoms with van der Waals surface area (Å²) in [6.07, 6.45) is 0.163. The van der Waals surface area contributed by atoms with Crippen molar-refractivity contribution in [1.29, 1.82) is 0 Å². The van der Waals surface area contributed by atoms with Crippen LogP contribution in [0.1, 0.15) is 18.1 Å². The van der Waals surface area contributed by atoms with Gasteiger partial charge in [0.2, 0.25) is 11.8 Å². The highest BCUT2D eigenvalue weighted by Gasteiger charge is 2.35. The normalized spacial score (nSPS) is 11.9. The Balaban J connectivity index is 1.81. The standard InChI is InChI=1S/C32H30Cl2FN3O4S/c1-2-36-32(40)30(19-23-11-5-3-6-12-23)37(21-24-13-9-10-16-27(24)33)31(39)22-38(25-17-18-29(35)28(34)20-25)43(41,42)26-14-7-4-8-15-26/h3-18,20,30H,2,19,21-22H2,1H3,(H,36,40)/t30-/m0/s1. The first-order valence-electron chi connectivity index (χ1n) is 13.5. The lowest BCUT2D eigenvalue weighted by atomic mass is 10.0. The molecule has 0 unspecified atom stereocenters. The van der Waals surface area contributed by atoms with Crippen LogP contribution in [0.15, 0.2) is 108 Å². The Labute approximate surface area is 260 Å². The topological polar surface area (TPSA) is 86.8 Å². The van der Waals surface area contributed by atoms with Crippen LogP contribution in [0.2, 0.25) is 10.0 Å². The number of amides is 2. The zero-order chi connectivity index (χ0) is 31.0. The number of nitrogens with zero attached hydrogens (tertiary/aromatic N) is 2. The van der Waals surface area contributed by atoms with Crippen molar-refractivity contribution in [2.24, 2.45) is 0 Å². The number of carbonyl (C=O) groups is 2. The van der Waals surface area contributed by atoms with Crippen molar-refractivity contribution in [3.8, 4) is 0 Å². The van der Waals surface area contributed by atoms with Gasteiger partial charge in [0.1, 0.15) is 18.4 Å². The number of nitrogens with one attached hydrogen (secondary N) is 1. The van der Waals surface area contributed by atoms with Gasteiger partial charge in [-0.25, -0.2) is 12.8 Å². The summed E-state index contributed by atoms with van der Waals surface area (Å²) >= 11 is 12.5. The minimum absolute atomic E-state index is 0.0149. The van der Waals surface area contributed by atoms with Crippen LogP contribution in [0.4, 0.5) is 10.1 Å². The lowest BCUT2D eigenvalue weighted by molar-refractivity contribution is -0.140. The molecule has 0 aliphatic rings. The fourth-order valence-corrected chi connectivity index (χ4v) is 6.34. The first kappa shape index (κ1) is 32.0. The van der Waals surface area contributed by atoms with E-state index in [1.807, 2.05) is 30.3 Å². The van der Waals surface area contributed by atoms with E-state index in [2.05, 4.69) is 5.32 Å². The summed E-state index contributed by atoms with van der Waals surface area (Å²) in [6.45, 7) is 1.32. The van der Waals surface area contributed by atoms with Gasteiger partial charge in [0.25, 0.3) is 10.0 Å². The second-order valence-electron chi connectivity index (χ2n) is 9.64. The summed E-state index contributed by atoms with van der Waals surface area (Å²) in [5, 5.41) is 2.87. The van der Waals surface area contributed by atoms with E-state index in [1.165, 1.54) is 23.1 Å². The summed E-state index contributed by atoms with van der Waals surface area (Å²) in [7, 11) is -4.33. The molecule has 0 spiro atoms. The number of benzene rings is 4. The lowest BCUT2D eigenvalue weighted by Gasteiger charge is -2.34. The van der Waals surface area contributed by atoms with Crippen LogP contribution in [-0.2, 0) is 32.6 Å². The van der Waals surface area contributed by atoms with E-state index in [0.29, 0.717) is 17.1 Å². The van der Waals surface area contributed by atoms with Crippen molar-refractivity contribution in [2.75, 3.05) is 17.4 Å². The zero-order valence-corrected chi connectivity index (χ0v) is 25.6. The fraction of sp³-hybridized carbons (Fsp3) is 0.188. The predicted octanol–water partition coefficient (Wildman–Crippen LogP) is 6.10. The molecule has 0 heterocycles. The van der Waals surface area contributed by atoms with E-state index in [0.717, 1.165) is 22.0 Å². The molecule has 0 aromatic heterocycles. The highest BCUT2D eigenvalue weighted by Crippen LogP contribution is 2.29. The molecule has 4 rings (SSSR count). The largest absolute Gasteiger partial charge is 0.355 e. The van der Waals surface area contributed by atoms with Crippen molar-refractivity contribution in [2.45, 2.75) is 30.8 Å². The van der Waals surface area contributed by atoms with Crippen LogP contribution in [0, 0.1) is 5.82 Å². The number of hydrogen-bond acceptors (Lipinski definition) is 4. The molecule has 0 aliphatic carbocycles. The van der Waals surface area contributed by atoms with Crippen molar-refractivity contribution in [3.63, 3.8) is 0 Å². The molecule has 2 amide bonds. The van der Waals surface area contributed by atoms with Crippen LogP contribution in [0.25, 0.3) is 0 Å². The predicted molar refractivity (Wildman–Crippen MR) is 167 cm³/mol. The molecular weight excluding hydrogens is 612 g/mol. The van der Waals surface area contributed by atoms with Gasteiger partial charge < -0.3 is 10.2 Å². The Hall–Kier alpha value is -3.92. The molecule has 0 bridgehead atoms. The summed E-state index contributed by atoms with van der Waals surface area (Å²) in [6, 6.07) is 26.1. The maximum Gasteiger partial charge on any atom is 0.264 e. The monoisotopic (exact) mass is 641 g/mol. The van der Waals surface area contributed by atoms with E-state index >= 15 is 0 Å². The number of halogens is 3. The maximum absolute atomic E-state index is 14.3. The number of rotatable bonds is 12. The van der Waals surface area contributed by atoms with E-state index in [9.17, 15) is 22.4 Å². The molecular formula is C32H30Cl2FN3O4S. The first-order valence-corrected chi connectivity index (χ1v) is 15.7. The number of anilines is 1. The van der Waals surface area contributed by atoms with E-state index in [-0.39, 0.29) is 28.6 Å². The molecule has 1 N–H and O–H groups in total. The molecule has 4 aromatic rings. The first-order chi connectivity index (χ1) is 20.6. The van der Waals surface area contributed by atoms with Gasteiger partial charge in [0.15, 0.2) is 0 Å². The Morgan fingerprint density at radius 2 is 1.49 bits per heavy atom. The van der Waals surface area contributed by atoms with E-state index in [4.69, 9.17) is 23.2 Å². The van der Waals surface area contributed by atoms with E-state index < -0.39 is 40.2 Å². The Morgan fingerprint density at radius 3 is 2.12 bits per heavy atom. The Kier molecular flexibility index (Phi) is 10.8. The molecule has 43 heavy (non-hydrogen) atoms. The van der Waals surface area contributed by atoms with Crippen molar-refractivity contribution < 1.29 is 22.4 Å². The van der Waals surface area contributed by atoms with Gasteiger partial charge in [0, 0.05) is 24.5 Å². The minimum atomic E-state index is -4.33. The molecule has 0 aliphatic heterocycles. The third kappa shape index (κ3) is 7.93. The Morgan fingerprint density at radius 1 is 0.860 bits per heavy atom. The number of sulfonamides is 1. The van der Waals surface area contributed by atoms with Crippen molar-refractivity contribution in [3.05, 3.63) is 130 Å². The van der Waals surface area contributed by atoms with Gasteiger partial charge >= 0.3 is 0 Å². The quantitative estimate of drug-likeness (QED) is 0.202. The molecule has 0 radical (unpaired) electrons. The molecule has 7 nitrogen and oxygen atoms in total. The summed E-state index contributed by atoms with van der Waals surface area (Å²) in [4.78, 5) is 29.1. The average Bonchev–Trinajstić information content (AvgIpc) is 3.01. The average molecular weight is 643 g/mol. The molecule has 0 saturated heterocycles. The van der Waals surface area contributed by atoms with Crippen LogP contribution in [-0.4, -0.2) is 44.3 Å². The number of carbonyl (C=O) groups excluding carboxylic acids is 2. The molecule has 4 aromatic carbocycles. The fourth-order valence-electron chi connectivity index (χ4n) is 4.54. The number of likely N-dealkylation sites (N-methyl/N-ethyl adjacent to an activating group) is 1. The van der Waals surface area contributed by atoms with Gasteiger partial charge in [-0.3, -0.25) is 13.9 Å². The molecule has 0 fully saturated rings. The lowest BCUT2D eigenvalue weighted by Crippen LogP contribution is -2.53. The van der Waals surface area contributed by atoms with Crippen LogP contribution in [0.5, 0.6) is 0 Å². The maximum atomic E-state index is 14.3. The summed E-state index contributed by atoms with van der Waals surface area (Å²) in [5.74, 6) is -1.82. The summed E-state index contributed by atoms with van der Waals surface area (Å²) in [5.41, 5.74) is 1.36. The zero-order valence-electron chi connectivity index (χ0n) is 23.3. The van der Waals surface area contributed by atoms with Crippen LogP contribution >= 0.6 is 23.2 Å². The smallest absolute Gasteiger partial charge is 0.264 e. The van der Waals surface area contributed by atoms with Crippen molar-refractivity contribution in [1.82, 2.24) is 10.2 Å². The molecule has 224 valence electrons. The third-order valence-electron chi connectivity index (χ3n) is 6.72. The number of hydrogen-bond donors (Lipinski definition) is 1. The van der Waals surface area contributed by atoms with Crippen LogP contribution < -0.4 is 9.62 Å². The minimum Gasteiger partial charge on any atom is -0.355 e. The second kappa shape index (κ2) is 14.5. The highest BCUT2D eigenvalue weighted by molar-refractivity contribution is 7.92. The second-order valence-corrected chi connectivity index (χ2v) is 12.3. The van der Waals surface area contributed by atoms with Crippen molar-refractivity contribution >= 4 is 50.7 Å². The van der Waals surface area contributed by atoms with Gasteiger partial charge in [-0.2, -0.15) is 0 Å². The SMILES string of the molecule is CCNC(=O)[C@H](Cc1ccccc1)N(Cc1ccccc1Cl)C(=O)CN(c1ccc(F)c(Cl)c1)S(=O)(=O)c1ccccc1. The molecule has 11 heteroatoms.